The molecule has 0 aliphatic heterocycles. The molecule has 0 spiro atoms. The van der Waals surface area contributed by atoms with Crippen LogP contribution in [0.5, 0.6) is 0 Å². The van der Waals surface area contributed by atoms with Gasteiger partial charge >= 0.3 is 11.8 Å². The van der Waals surface area contributed by atoms with Crippen molar-refractivity contribution in [3.63, 3.8) is 0 Å². The first-order valence-electron chi connectivity index (χ1n) is 6.44. The second kappa shape index (κ2) is 6.31. The van der Waals surface area contributed by atoms with Crippen LogP contribution in [-0.4, -0.2) is 32.1 Å². The molecular formula is C13H13N5O2S. The Morgan fingerprint density at radius 2 is 2.43 bits per heavy atom. The smallest absolute Gasteiger partial charge is 0.316 e. The lowest BCUT2D eigenvalue weighted by molar-refractivity contribution is 0.0909. The number of hydrogen-bond donors (Lipinski definition) is 1. The van der Waals surface area contributed by atoms with Crippen LogP contribution in [0.3, 0.4) is 0 Å². The highest BCUT2D eigenvalue weighted by Crippen LogP contribution is 2.21. The van der Waals surface area contributed by atoms with E-state index in [1.54, 1.807) is 12.5 Å². The average Bonchev–Trinajstić information content (AvgIpc) is 3.25. The summed E-state index contributed by atoms with van der Waals surface area (Å²) in [6.45, 7) is 1.33. The Kier molecular flexibility index (Phi) is 4.06. The van der Waals surface area contributed by atoms with Gasteiger partial charge in [-0.3, -0.25) is 4.79 Å². The third-order valence-corrected chi connectivity index (χ3v) is 3.67. The Labute approximate surface area is 124 Å². The number of hydrogen-bond acceptors (Lipinski definition) is 6. The van der Waals surface area contributed by atoms with Crippen LogP contribution in [0.4, 0.5) is 0 Å². The number of carbonyl (C=O) groups excluding carboxylic acids is 1. The number of carbonyl (C=O) groups is 1. The van der Waals surface area contributed by atoms with Crippen molar-refractivity contribution in [1.29, 1.82) is 0 Å². The molecule has 8 heteroatoms. The first kappa shape index (κ1) is 13.5. The summed E-state index contributed by atoms with van der Waals surface area (Å²) in [4.78, 5) is 20.8. The Balaban J connectivity index is 1.49. The van der Waals surface area contributed by atoms with E-state index in [1.807, 2.05) is 28.3 Å². The van der Waals surface area contributed by atoms with Crippen molar-refractivity contribution < 1.29 is 9.32 Å². The molecule has 0 bridgehead atoms. The minimum absolute atomic E-state index is 0.0129. The van der Waals surface area contributed by atoms with Crippen LogP contribution in [0.25, 0.3) is 10.7 Å². The number of imidazole rings is 1. The highest BCUT2D eigenvalue weighted by Gasteiger charge is 2.15. The predicted molar refractivity (Wildman–Crippen MR) is 76.8 cm³/mol. The molecule has 0 radical (unpaired) electrons. The summed E-state index contributed by atoms with van der Waals surface area (Å²) in [6.07, 6.45) is 6.15. The molecule has 0 saturated carbocycles. The summed E-state index contributed by atoms with van der Waals surface area (Å²) >= 11 is 1.50. The van der Waals surface area contributed by atoms with Crippen molar-refractivity contribution in [2.45, 2.75) is 13.0 Å². The average molecular weight is 303 g/mol. The van der Waals surface area contributed by atoms with Crippen molar-refractivity contribution in [1.82, 2.24) is 25.0 Å². The van der Waals surface area contributed by atoms with E-state index in [1.165, 1.54) is 11.3 Å². The second-order valence-corrected chi connectivity index (χ2v) is 5.26. The van der Waals surface area contributed by atoms with Crippen LogP contribution in [0.1, 0.15) is 17.1 Å². The number of nitrogens with one attached hydrogen (secondary N) is 1. The van der Waals surface area contributed by atoms with E-state index in [4.69, 9.17) is 4.52 Å². The molecular weight excluding hydrogens is 290 g/mol. The maximum Gasteiger partial charge on any atom is 0.316 e. The van der Waals surface area contributed by atoms with Gasteiger partial charge < -0.3 is 14.4 Å². The lowest BCUT2D eigenvalue weighted by Gasteiger charge is -2.02. The van der Waals surface area contributed by atoms with Gasteiger partial charge in [0.05, 0.1) is 11.2 Å². The number of rotatable bonds is 6. The Hall–Kier alpha value is -2.48. The molecule has 108 valence electrons. The minimum Gasteiger partial charge on any atom is -0.348 e. The maximum absolute atomic E-state index is 11.9. The largest absolute Gasteiger partial charge is 0.348 e. The van der Waals surface area contributed by atoms with Gasteiger partial charge in [0.2, 0.25) is 5.82 Å². The molecule has 0 aliphatic carbocycles. The van der Waals surface area contributed by atoms with E-state index in [9.17, 15) is 4.79 Å². The molecule has 3 aromatic heterocycles. The van der Waals surface area contributed by atoms with Crippen molar-refractivity contribution in [2.24, 2.45) is 0 Å². The third kappa shape index (κ3) is 3.34. The SMILES string of the molecule is O=C(NCCCn1ccnc1)c1nc(-c2cccs2)no1. The standard InChI is InChI=1S/C13H13N5O2S/c19-12(15-4-2-6-18-7-5-14-9-18)13-16-11(17-20-13)10-3-1-8-21-10/h1,3,5,7-9H,2,4,6H2,(H,15,19). The normalized spacial score (nSPS) is 10.7. The monoisotopic (exact) mass is 303 g/mol. The van der Waals surface area contributed by atoms with Crippen molar-refractivity contribution in [3.05, 3.63) is 42.1 Å². The maximum atomic E-state index is 11.9. The first-order valence-corrected chi connectivity index (χ1v) is 7.32. The summed E-state index contributed by atoms with van der Waals surface area (Å²) in [6, 6.07) is 3.77. The van der Waals surface area contributed by atoms with Crippen molar-refractivity contribution in [2.75, 3.05) is 6.54 Å². The Morgan fingerprint density at radius 1 is 1.48 bits per heavy atom. The van der Waals surface area contributed by atoms with Gasteiger partial charge in [0.1, 0.15) is 0 Å². The predicted octanol–water partition coefficient (Wildman–Crippen LogP) is 1.81. The lowest BCUT2D eigenvalue weighted by atomic mass is 10.4. The summed E-state index contributed by atoms with van der Waals surface area (Å²) in [5, 5.41) is 8.47. The zero-order valence-corrected chi connectivity index (χ0v) is 11.9. The fourth-order valence-electron chi connectivity index (χ4n) is 1.78. The van der Waals surface area contributed by atoms with Crippen LogP contribution in [0.2, 0.25) is 0 Å². The Bertz CT molecular complexity index is 690. The van der Waals surface area contributed by atoms with Crippen LogP contribution in [0, 0.1) is 0 Å². The van der Waals surface area contributed by atoms with Crippen LogP contribution >= 0.6 is 11.3 Å². The van der Waals surface area contributed by atoms with Gasteiger partial charge in [-0.05, 0) is 17.9 Å². The van der Waals surface area contributed by atoms with E-state index < -0.39 is 0 Å². The van der Waals surface area contributed by atoms with E-state index >= 15 is 0 Å². The second-order valence-electron chi connectivity index (χ2n) is 4.31. The van der Waals surface area contributed by atoms with Gasteiger partial charge in [0.15, 0.2) is 0 Å². The van der Waals surface area contributed by atoms with Crippen molar-refractivity contribution in [3.8, 4) is 10.7 Å². The molecule has 1 amide bonds. The molecule has 7 nitrogen and oxygen atoms in total. The first-order chi connectivity index (χ1) is 10.3. The van der Waals surface area contributed by atoms with E-state index in [2.05, 4.69) is 20.4 Å². The van der Waals surface area contributed by atoms with E-state index in [0.29, 0.717) is 12.4 Å². The third-order valence-electron chi connectivity index (χ3n) is 2.80. The van der Waals surface area contributed by atoms with E-state index in [-0.39, 0.29) is 11.8 Å². The fraction of sp³-hybridized carbons (Fsp3) is 0.231. The van der Waals surface area contributed by atoms with Crippen LogP contribution < -0.4 is 5.32 Å². The van der Waals surface area contributed by atoms with Gasteiger partial charge in [-0.2, -0.15) is 4.98 Å². The zero-order chi connectivity index (χ0) is 14.5. The van der Waals surface area contributed by atoms with Gasteiger partial charge in [-0.15, -0.1) is 11.3 Å². The highest BCUT2D eigenvalue weighted by atomic mass is 32.1. The molecule has 0 fully saturated rings. The Morgan fingerprint density at radius 3 is 3.19 bits per heavy atom. The summed E-state index contributed by atoms with van der Waals surface area (Å²) in [5.74, 6) is 0.0746. The van der Waals surface area contributed by atoms with Gasteiger partial charge in [-0.1, -0.05) is 11.2 Å². The van der Waals surface area contributed by atoms with Gasteiger partial charge in [0, 0.05) is 25.5 Å². The number of aryl methyl sites for hydroxylation is 1. The zero-order valence-electron chi connectivity index (χ0n) is 11.1. The summed E-state index contributed by atoms with van der Waals surface area (Å²) in [5.41, 5.74) is 0. The quantitative estimate of drug-likeness (QED) is 0.702. The number of thiophene rings is 1. The fourth-order valence-corrected chi connectivity index (χ4v) is 2.43. The highest BCUT2D eigenvalue weighted by molar-refractivity contribution is 7.13. The summed E-state index contributed by atoms with van der Waals surface area (Å²) < 4.78 is 6.92. The molecule has 0 aliphatic rings. The van der Waals surface area contributed by atoms with Crippen LogP contribution in [-0.2, 0) is 6.54 Å². The van der Waals surface area contributed by atoms with Gasteiger partial charge in [0.25, 0.3) is 0 Å². The molecule has 3 heterocycles. The summed E-state index contributed by atoms with van der Waals surface area (Å²) in [7, 11) is 0. The van der Waals surface area contributed by atoms with Gasteiger partial charge in [-0.25, -0.2) is 4.98 Å². The van der Waals surface area contributed by atoms with Crippen LogP contribution in [0.15, 0.2) is 40.8 Å². The number of nitrogens with zero attached hydrogens (tertiary/aromatic N) is 4. The molecule has 1 N–H and O–H groups in total. The van der Waals surface area contributed by atoms with Crippen molar-refractivity contribution >= 4 is 17.2 Å². The topological polar surface area (TPSA) is 85.8 Å². The lowest BCUT2D eigenvalue weighted by Crippen LogP contribution is -2.25. The van der Waals surface area contributed by atoms with E-state index in [0.717, 1.165) is 17.8 Å². The molecule has 0 aromatic carbocycles. The molecule has 3 rings (SSSR count). The number of amides is 1. The number of aromatic nitrogens is 4. The molecule has 21 heavy (non-hydrogen) atoms. The molecule has 0 saturated heterocycles. The minimum atomic E-state index is -0.351. The molecule has 0 unspecified atom stereocenters. The molecule has 3 aromatic rings. The molecule has 0 atom stereocenters.